The molecule has 2 unspecified atom stereocenters. The highest BCUT2D eigenvalue weighted by molar-refractivity contribution is 6.21. The molecule has 1 N–H and O–H groups in total. The fraction of sp³-hybridized carbons (Fsp3) is 0.769. The molecule has 2 atom stereocenters. The second kappa shape index (κ2) is 6.41. The highest BCUT2D eigenvalue weighted by atomic mass is 35.5. The van der Waals surface area contributed by atoms with Gasteiger partial charge in [0.25, 0.3) is 0 Å². The third kappa shape index (κ3) is 3.71. The van der Waals surface area contributed by atoms with Crippen LogP contribution in [0, 0.1) is 6.92 Å². The fourth-order valence-corrected chi connectivity index (χ4v) is 2.87. The minimum Gasteiger partial charge on any atom is -0.334 e. The van der Waals surface area contributed by atoms with E-state index in [1.165, 1.54) is 25.7 Å². The van der Waals surface area contributed by atoms with Crippen molar-refractivity contribution in [3.63, 3.8) is 0 Å². The summed E-state index contributed by atoms with van der Waals surface area (Å²) in [6.07, 6.45) is 10.2. The number of rotatable bonds is 4. The number of aryl methyl sites for hydroxylation is 1. The first-order chi connectivity index (χ1) is 8.27. The Morgan fingerprint density at radius 2 is 2.24 bits per heavy atom. The van der Waals surface area contributed by atoms with Crippen molar-refractivity contribution in [2.45, 2.75) is 57.0 Å². The number of hydrogen-bond acceptors (Lipinski definition) is 2. The van der Waals surface area contributed by atoms with Gasteiger partial charge >= 0.3 is 0 Å². The molecular weight excluding hydrogens is 234 g/mol. The van der Waals surface area contributed by atoms with Gasteiger partial charge in [0.2, 0.25) is 0 Å². The van der Waals surface area contributed by atoms with Gasteiger partial charge in [-0.05, 0) is 19.8 Å². The summed E-state index contributed by atoms with van der Waals surface area (Å²) in [4.78, 5) is 4.22. The van der Waals surface area contributed by atoms with Crippen LogP contribution in [0.2, 0.25) is 0 Å². The van der Waals surface area contributed by atoms with Crippen molar-refractivity contribution < 1.29 is 0 Å². The maximum absolute atomic E-state index is 6.40. The predicted octanol–water partition coefficient (Wildman–Crippen LogP) is 2.72. The van der Waals surface area contributed by atoms with Gasteiger partial charge in [0.15, 0.2) is 0 Å². The lowest BCUT2D eigenvalue weighted by atomic mass is 10.1. The van der Waals surface area contributed by atoms with Crippen molar-refractivity contribution in [3.05, 3.63) is 18.2 Å². The van der Waals surface area contributed by atoms with Crippen LogP contribution in [0.1, 0.15) is 37.9 Å². The number of aromatic nitrogens is 2. The Morgan fingerprint density at radius 3 is 3.00 bits per heavy atom. The lowest BCUT2D eigenvalue weighted by Crippen LogP contribution is -2.38. The monoisotopic (exact) mass is 255 g/mol. The number of nitrogens with zero attached hydrogens (tertiary/aromatic N) is 2. The molecule has 1 saturated carbocycles. The second-order valence-corrected chi connectivity index (χ2v) is 5.44. The van der Waals surface area contributed by atoms with Gasteiger partial charge in [-0.1, -0.05) is 19.3 Å². The van der Waals surface area contributed by atoms with Crippen LogP contribution in [0.5, 0.6) is 0 Å². The minimum atomic E-state index is 0.307. The number of imidazole rings is 1. The van der Waals surface area contributed by atoms with Crippen molar-refractivity contribution in [1.29, 1.82) is 0 Å². The van der Waals surface area contributed by atoms with Crippen molar-refractivity contribution in [3.8, 4) is 0 Å². The third-order valence-electron chi connectivity index (χ3n) is 3.61. The van der Waals surface area contributed by atoms with E-state index in [1.54, 1.807) is 0 Å². The first-order valence-corrected chi connectivity index (χ1v) is 7.06. The molecular formula is C13H22ClN3. The van der Waals surface area contributed by atoms with Crippen LogP contribution in [0.15, 0.2) is 12.4 Å². The van der Waals surface area contributed by atoms with Gasteiger partial charge in [-0.3, -0.25) is 0 Å². The van der Waals surface area contributed by atoms with Crippen molar-refractivity contribution in [2.24, 2.45) is 0 Å². The van der Waals surface area contributed by atoms with Crippen LogP contribution in [0.25, 0.3) is 0 Å². The number of nitrogens with one attached hydrogen (secondary N) is 1. The molecule has 1 aromatic rings. The summed E-state index contributed by atoms with van der Waals surface area (Å²) in [6, 6.07) is 0.489. The molecule has 0 radical (unpaired) electrons. The molecule has 1 heterocycles. The summed E-state index contributed by atoms with van der Waals surface area (Å²) in [6.45, 7) is 3.99. The van der Waals surface area contributed by atoms with Crippen molar-refractivity contribution in [1.82, 2.24) is 14.9 Å². The zero-order valence-electron chi connectivity index (χ0n) is 10.5. The molecule has 96 valence electrons. The standard InChI is InChI=1S/C13H22ClN3/c1-11-15-7-9-17(11)10-8-16-13-6-4-2-3-5-12(13)14/h7,9,12-13,16H,2-6,8,10H2,1H3. The first-order valence-electron chi connectivity index (χ1n) is 6.62. The third-order valence-corrected chi connectivity index (χ3v) is 4.14. The fourth-order valence-electron chi connectivity index (χ4n) is 2.50. The number of halogens is 1. The summed E-state index contributed by atoms with van der Waals surface area (Å²) < 4.78 is 2.17. The van der Waals surface area contributed by atoms with E-state index in [4.69, 9.17) is 11.6 Å². The van der Waals surface area contributed by atoms with E-state index in [0.29, 0.717) is 11.4 Å². The van der Waals surface area contributed by atoms with E-state index < -0.39 is 0 Å². The Kier molecular flexibility index (Phi) is 4.86. The molecule has 0 saturated heterocycles. The van der Waals surface area contributed by atoms with Gasteiger partial charge in [0.05, 0.1) is 0 Å². The number of alkyl halides is 1. The number of hydrogen-bond donors (Lipinski definition) is 1. The smallest absolute Gasteiger partial charge is 0.105 e. The molecule has 0 amide bonds. The molecule has 3 nitrogen and oxygen atoms in total. The van der Waals surface area contributed by atoms with Crippen LogP contribution < -0.4 is 5.32 Å². The van der Waals surface area contributed by atoms with Crippen LogP contribution in [0.3, 0.4) is 0 Å². The molecule has 1 aromatic heterocycles. The van der Waals surface area contributed by atoms with Gasteiger partial charge in [-0.25, -0.2) is 4.98 Å². The topological polar surface area (TPSA) is 29.9 Å². The Labute approximate surface area is 109 Å². The highest BCUT2D eigenvalue weighted by Gasteiger charge is 2.20. The summed E-state index contributed by atoms with van der Waals surface area (Å²) in [7, 11) is 0. The molecule has 1 aliphatic carbocycles. The zero-order chi connectivity index (χ0) is 12.1. The lowest BCUT2D eigenvalue weighted by molar-refractivity contribution is 0.448. The quantitative estimate of drug-likeness (QED) is 0.662. The van der Waals surface area contributed by atoms with Crippen LogP contribution in [0.4, 0.5) is 0 Å². The molecule has 1 aliphatic rings. The summed E-state index contributed by atoms with van der Waals surface area (Å²) in [5.41, 5.74) is 0. The van der Waals surface area contributed by atoms with E-state index in [2.05, 4.69) is 14.9 Å². The largest absolute Gasteiger partial charge is 0.334 e. The average Bonchev–Trinajstić information content (AvgIpc) is 2.60. The Hall–Kier alpha value is -0.540. The maximum atomic E-state index is 6.40. The van der Waals surface area contributed by atoms with Crippen LogP contribution in [-0.4, -0.2) is 27.5 Å². The molecule has 1 fully saturated rings. The van der Waals surface area contributed by atoms with Crippen molar-refractivity contribution >= 4 is 11.6 Å². The van der Waals surface area contributed by atoms with Crippen LogP contribution >= 0.6 is 11.6 Å². The van der Waals surface area contributed by atoms with E-state index in [1.807, 2.05) is 19.3 Å². The van der Waals surface area contributed by atoms with Gasteiger partial charge in [0, 0.05) is 36.9 Å². The second-order valence-electron chi connectivity index (χ2n) is 4.88. The molecule has 17 heavy (non-hydrogen) atoms. The minimum absolute atomic E-state index is 0.307. The van der Waals surface area contributed by atoms with E-state index >= 15 is 0 Å². The van der Waals surface area contributed by atoms with Gasteiger partial charge in [-0.15, -0.1) is 11.6 Å². The molecule has 0 aliphatic heterocycles. The average molecular weight is 256 g/mol. The van der Waals surface area contributed by atoms with E-state index in [9.17, 15) is 0 Å². The summed E-state index contributed by atoms with van der Waals surface area (Å²) in [5, 5.41) is 3.90. The van der Waals surface area contributed by atoms with Gasteiger partial charge < -0.3 is 9.88 Å². The Morgan fingerprint density at radius 1 is 1.41 bits per heavy atom. The molecule has 4 heteroatoms. The molecule has 2 rings (SSSR count). The highest BCUT2D eigenvalue weighted by Crippen LogP contribution is 2.22. The maximum Gasteiger partial charge on any atom is 0.105 e. The molecule has 0 aromatic carbocycles. The van der Waals surface area contributed by atoms with E-state index in [-0.39, 0.29) is 0 Å². The van der Waals surface area contributed by atoms with Gasteiger partial charge in [0.1, 0.15) is 5.82 Å². The summed E-state index contributed by atoms with van der Waals surface area (Å²) in [5.74, 6) is 1.08. The Balaban J connectivity index is 1.75. The van der Waals surface area contributed by atoms with E-state index in [0.717, 1.165) is 25.3 Å². The zero-order valence-corrected chi connectivity index (χ0v) is 11.3. The SMILES string of the molecule is Cc1nccn1CCNC1CCCCCC1Cl. The van der Waals surface area contributed by atoms with Crippen molar-refractivity contribution in [2.75, 3.05) is 6.54 Å². The molecule has 0 spiro atoms. The first kappa shape index (κ1) is 12.9. The summed E-state index contributed by atoms with van der Waals surface area (Å²) >= 11 is 6.40. The predicted molar refractivity (Wildman–Crippen MR) is 71.5 cm³/mol. The van der Waals surface area contributed by atoms with Gasteiger partial charge in [-0.2, -0.15) is 0 Å². The normalized spacial score (nSPS) is 25.8. The lowest BCUT2D eigenvalue weighted by Gasteiger charge is -2.21. The van der Waals surface area contributed by atoms with Crippen LogP contribution in [-0.2, 0) is 6.54 Å². The molecule has 0 bridgehead atoms. The Bertz CT molecular complexity index is 337.